The Labute approximate surface area is 240 Å². The highest BCUT2D eigenvalue weighted by molar-refractivity contribution is 7.16. The maximum atomic E-state index is 13.4. The molecule has 0 radical (unpaired) electrons. The van der Waals surface area contributed by atoms with Gasteiger partial charge in [0.15, 0.2) is 5.76 Å². The molecule has 11 nitrogen and oxygen atoms in total. The molecule has 0 spiro atoms. The Morgan fingerprint density at radius 2 is 1.98 bits per heavy atom. The van der Waals surface area contributed by atoms with Crippen molar-refractivity contribution >= 4 is 40.4 Å². The smallest absolute Gasteiger partial charge is 0.285 e. The fraction of sp³-hybridized carbons (Fsp3) is 0.0714. The van der Waals surface area contributed by atoms with Crippen molar-refractivity contribution < 1.29 is 18.5 Å². The average molecular weight is 587 g/mol. The Kier molecular flexibility index (Phi) is 7.15. The molecule has 1 N–H and O–H groups in total. The number of anilines is 1. The number of aromatic nitrogens is 5. The van der Waals surface area contributed by atoms with Gasteiger partial charge in [0.25, 0.3) is 11.5 Å². The first-order chi connectivity index (χ1) is 20.0. The predicted molar refractivity (Wildman–Crippen MR) is 151 cm³/mol. The number of rotatable bonds is 9. The van der Waals surface area contributed by atoms with Gasteiger partial charge in [-0.3, -0.25) is 23.9 Å². The normalized spacial score (nSPS) is 11.0. The highest BCUT2D eigenvalue weighted by Crippen LogP contribution is 2.32. The van der Waals surface area contributed by atoms with Crippen molar-refractivity contribution in [3.05, 3.63) is 117 Å². The summed E-state index contributed by atoms with van der Waals surface area (Å²) in [6, 6.07) is 15.0. The number of carbonyl (C=O) groups excluding carboxylic acids is 2. The number of furan rings is 1. The van der Waals surface area contributed by atoms with Gasteiger partial charge in [-0.05, 0) is 36.4 Å². The molecule has 0 amide bonds. The van der Waals surface area contributed by atoms with Crippen molar-refractivity contribution in [3.63, 3.8) is 0 Å². The lowest BCUT2D eigenvalue weighted by molar-refractivity contribution is 0.0936. The van der Waals surface area contributed by atoms with Gasteiger partial charge in [0.1, 0.15) is 23.3 Å². The van der Waals surface area contributed by atoms with Gasteiger partial charge in [0.2, 0.25) is 5.78 Å². The molecule has 0 aliphatic carbocycles. The SMILES string of the molecule is O=C(Cn1c(-c2cc(NCc3ccc(Cl)s3)n(C(=O)c3cnoc3)n2)c(-c2cccnc2)ccc1=O)c1ccco1. The summed E-state index contributed by atoms with van der Waals surface area (Å²) in [4.78, 5) is 44.9. The number of ketones is 1. The van der Waals surface area contributed by atoms with Crippen LogP contribution in [-0.4, -0.2) is 36.2 Å². The highest BCUT2D eigenvalue weighted by atomic mass is 35.5. The van der Waals surface area contributed by atoms with Crippen LogP contribution in [-0.2, 0) is 13.1 Å². The summed E-state index contributed by atoms with van der Waals surface area (Å²) < 4.78 is 13.2. The van der Waals surface area contributed by atoms with Crippen LogP contribution in [0, 0.1) is 0 Å². The van der Waals surface area contributed by atoms with E-state index < -0.39 is 17.2 Å². The summed E-state index contributed by atoms with van der Waals surface area (Å²) in [5, 5.41) is 11.5. The van der Waals surface area contributed by atoms with E-state index in [1.807, 2.05) is 12.1 Å². The zero-order valence-corrected chi connectivity index (χ0v) is 22.6. The van der Waals surface area contributed by atoms with Crippen molar-refractivity contribution in [3.8, 4) is 22.5 Å². The summed E-state index contributed by atoms with van der Waals surface area (Å²) in [5.41, 5.74) is 1.60. The van der Waals surface area contributed by atoms with E-state index in [1.54, 1.807) is 42.7 Å². The molecule has 0 saturated heterocycles. The second-order valence-electron chi connectivity index (χ2n) is 8.77. The number of Topliss-reactive ketones (excluding diaryl/α,β-unsaturated/α-hetero) is 1. The van der Waals surface area contributed by atoms with Crippen LogP contribution in [0.2, 0.25) is 4.34 Å². The third-order valence-electron chi connectivity index (χ3n) is 6.15. The molecule has 0 aliphatic rings. The monoisotopic (exact) mass is 586 g/mol. The minimum absolute atomic E-state index is 0.111. The first-order valence-electron chi connectivity index (χ1n) is 12.2. The molecule has 13 heteroatoms. The summed E-state index contributed by atoms with van der Waals surface area (Å²) in [6.07, 6.45) is 7.16. The first-order valence-corrected chi connectivity index (χ1v) is 13.4. The molecule has 0 bridgehead atoms. The Morgan fingerprint density at radius 1 is 1.07 bits per heavy atom. The lowest BCUT2D eigenvalue weighted by atomic mass is 10.0. The lowest BCUT2D eigenvalue weighted by Crippen LogP contribution is -2.26. The van der Waals surface area contributed by atoms with Crippen molar-refractivity contribution in [1.29, 1.82) is 0 Å². The van der Waals surface area contributed by atoms with E-state index in [-0.39, 0.29) is 23.6 Å². The molecule has 0 fully saturated rings. The number of pyridine rings is 2. The quantitative estimate of drug-likeness (QED) is 0.225. The fourth-order valence-electron chi connectivity index (χ4n) is 4.26. The summed E-state index contributed by atoms with van der Waals surface area (Å²) in [6.45, 7) is 0.0339. The largest absolute Gasteiger partial charge is 0.461 e. The third kappa shape index (κ3) is 5.38. The van der Waals surface area contributed by atoms with Crippen molar-refractivity contribution in [2.75, 3.05) is 5.32 Å². The van der Waals surface area contributed by atoms with Gasteiger partial charge < -0.3 is 14.3 Å². The van der Waals surface area contributed by atoms with Crippen LogP contribution in [0.15, 0.2) is 99.4 Å². The van der Waals surface area contributed by atoms with Gasteiger partial charge >= 0.3 is 0 Å². The molecular weight excluding hydrogens is 568 g/mol. The molecule has 6 rings (SSSR count). The van der Waals surface area contributed by atoms with Gasteiger partial charge in [-0.25, -0.2) is 0 Å². The Morgan fingerprint density at radius 3 is 2.68 bits per heavy atom. The van der Waals surface area contributed by atoms with E-state index in [2.05, 4.69) is 20.6 Å². The second kappa shape index (κ2) is 11.2. The van der Waals surface area contributed by atoms with Crippen molar-refractivity contribution in [1.82, 2.24) is 24.5 Å². The molecule has 0 atom stereocenters. The molecule has 6 aromatic heterocycles. The fourth-order valence-corrected chi connectivity index (χ4v) is 5.29. The summed E-state index contributed by atoms with van der Waals surface area (Å²) in [5.74, 6) is -0.467. The van der Waals surface area contributed by atoms with Crippen LogP contribution in [0.3, 0.4) is 0 Å². The number of carbonyl (C=O) groups is 2. The van der Waals surface area contributed by atoms with Crippen molar-refractivity contribution in [2.24, 2.45) is 0 Å². The van der Waals surface area contributed by atoms with Crippen LogP contribution < -0.4 is 10.9 Å². The van der Waals surface area contributed by atoms with Crippen LogP contribution in [0.5, 0.6) is 0 Å². The highest BCUT2D eigenvalue weighted by Gasteiger charge is 2.24. The summed E-state index contributed by atoms with van der Waals surface area (Å²) >= 11 is 7.49. The molecule has 0 aromatic carbocycles. The van der Waals surface area contributed by atoms with Gasteiger partial charge in [0, 0.05) is 40.5 Å². The van der Waals surface area contributed by atoms with E-state index in [0.717, 1.165) is 4.88 Å². The molecule has 6 heterocycles. The average Bonchev–Trinajstić information content (AvgIpc) is 3.81. The molecular formula is C28H19ClN6O5S. The van der Waals surface area contributed by atoms with Gasteiger partial charge in [-0.15, -0.1) is 11.3 Å². The van der Waals surface area contributed by atoms with Crippen molar-refractivity contribution in [2.45, 2.75) is 13.1 Å². The van der Waals surface area contributed by atoms with Crippen LogP contribution in [0.25, 0.3) is 22.5 Å². The molecule has 0 unspecified atom stereocenters. The topological polar surface area (TPSA) is 138 Å². The standard InChI is InChI=1S/C28H19ClN6O5S/c29-24-7-5-19(41-24)14-31-25-11-21(33-35(25)28(38)18-13-32-40-16-18)27-20(17-3-1-9-30-12-17)6-8-26(37)34(27)15-22(36)23-4-2-10-39-23/h1-13,16,31H,14-15H2. The second-order valence-corrected chi connectivity index (χ2v) is 10.6. The maximum Gasteiger partial charge on any atom is 0.285 e. The van der Waals surface area contributed by atoms with E-state index in [9.17, 15) is 14.4 Å². The van der Waals surface area contributed by atoms with Gasteiger partial charge in [-0.1, -0.05) is 22.8 Å². The zero-order valence-electron chi connectivity index (χ0n) is 21.1. The molecule has 204 valence electrons. The number of hydrogen-bond donors (Lipinski definition) is 1. The Bertz CT molecular complexity index is 1890. The number of hydrogen-bond acceptors (Lipinski definition) is 10. The van der Waals surface area contributed by atoms with Crippen LogP contribution in [0.4, 0.5) is 5.82 Å². The van der Waals surface area contributed by atoms with Gasteiger partial charge in [0.05, 0.1) is 35.6 Å². The van der Waals surface area contributed by atoms with E-state index in [0.29, 0.717) is 33.5 Å². The Balaban J connectivity index is 1.51. The number of nitrogens with zero attached hydrogens (tertiary/aromatic N) is 5. The third-order valence-corrected chi connectivity index (χ3v) is 7.38. The van der Waals surface area contributed by atoms with E-state index in [4.69, 9.17) is 20.5 Å². The van der Waals surface area contributed by atoms with E-state index in [1.165, 1.54) is 51.4 Å². The number of halogens is 1. The minimum Gasteiger partial charge on any atom is -0.461 e. The maximum absolute atomic E-state index is 13.4. The Hall–Kier alpha value is -5.07. The predicted octanol–water partition coefficient (Wildman–Crippen LogP) is 5.25. The molecule has 0 aliphatic heterocycles. The van der Waals surface area contributed by atoms with E-state index >= 15 is 0 Å². The summed E-state index contributed by atoms with van der Waals surface area (Å²) in [7, 11) is 0. The van der Waals surface area contributed by atoms with Crippen LogP contribution in [0.1, 0.15) is 25.8 Å². The zero-order chi connectivity index (χ0) is 28.3. The first kappa shape index (κ1) is 26.2. The molecule has 41 heavy (non-hydrogen) atoms. The minimum atomic E-state index is -0.511. The van der Waals surface area contributed by atoms with Gasteiger partial charge in [-0.2, -0.15) is 9.78 Å². The van der Waals surface area contributed by atoms with Crippen LogP contribution >= 0.6 is 22.9 Å². The molecule has 0 saturated carbocycles. The lowest BCUT2D eigenvalue weighted by Gasteiger charge is -2.15. The molecule has 6 aromatic rings. The number of nitrogens with one attached hydrogen (secondary N) is 1. The number of thiophene rings is 1.